The molecule has 3 aromatic carbocycles. The summed E-state index contributed by atoms with van der Waals surface area (Å²) in [5.74, 6) is -0.752. The molecule has 0 aromatic heterocycles. The Morgan fingerprint density at radius 1 is 0.829 bits per heavy atom. The highest BCUT2D eigenvalue weighted by Gasteiger charge is 2.26. The van der Waals surface area contributed by atoms with Crippen LogP contribution in [0.25, 0.3) is 0 Å². The molecule has 0 bridgehead atoms. The van der Waals surface area contributed by atoms with Gasteiger partial charge in [-0.25, -0.2) is 12.8 Å². The molecule has 1 aliphatic rings. The van der Waals surface area contributed by atoms with E-state index >= 15 is 0 Å². The van der Waals surface area contributed by atoms with Crippen molar-refractivity contribution in [3.63, 3.8) is 0 Å². The maximum atomic E-state index is 13.4. The molecule has 0 saturated carbocycles. The van der Waals surface area contributed by atoms with E-state index in [4.69, 9.17) is 4.74 Å². The number of sulfonamides is 1. The van der Waals surface area contributed by atoms with Gasteiger partial charge in [-0.1, -0.05) is 24.3 Å². The zero-order valence-corrected chi connectivity index (χ0v) is 19.8. The van der Waals surface area contributed by atoms with Gasteiger partial charge in [-0.3, -0.25) is 14.3 Å². The van der Waals surface area contributed by atoms with E-state index in [2.05, 4.69) is 4.72 Å². The highest BCUT2D eigenvalue weighted by atomic mass is 32.2. The van der Waals surface area contributed by atoms with Crippen LogP contribution >= 0.6 is 0 Å². The van der Waals surface area contributed by atoms with Gasteiger partial charge in [-0.15, -0.1) is 0 Å². The van der Waals surface area contributed by atoms with E-state index in [9.17, 15) is 22.4 Å². The number of piperazine rings is 1. The molecule has 2 amide bonds. The second-order valence-electron chi connectivity index (χ2n) is 7.93. The quantitative estimate of drug-likeness (QED) is 0.564. The van der Waals surface area contributed by atoms with Gasteiger partial charge >= 0.3 is 0 Å². The molecule has 0 spiro atoms. The Morgan fingerprint density at radius 3 is 2.00 bits per heavy atom. The Kier molecular flexibility index (Phi) is 7.02. The predicted molar refractivity (Wildman–Crippen MR) is 128 cm³/mol. The van der Waals surface area contributed by atoms with E-state index in [0.29, 0.717) is 5.75 Å². The third-order valence-electron chi connectivity index (χ3n) is 5.67. The molecular weight excluding hydrogens is 473 g/mol. The lowest BCUT2D eigenvalue weighted by Gasteiger charge is -2.35. The van der Waals surface area contributed by atoms with Gasteiger partial charge in [0.1, 0.15) is 11.6 Å². The van der Waals surface area contributed by atoms with Gasteiger partial charge in [-0.05, 0) is 48.5 Å². The van der Waals surface area contributed by atoms with Crippen LogP contribution in [0.1, 0.15) is 20.7 Å². The summed E-state index contributed by atoms with van der Waals surface area (Å²) in [6.45, 7) is 1.12. The van der Waals surface area contributed by atoms with Crippen LogP contribution in [-0.4, -0.2) is 63.3 Å². The SMILES string of the molecule is COc1ccccc1NS(=O)(=O)c1cccc(C(=O)N2CCN(C(=O)c3cccc(F)c3)CC2)c1. The van der Waals surface area contributed by atoms with Crippen molar-refractivity contribution in [3.05, 3.63) is 89.7 Å². The lowest BCUT2D eigenvalue weighted by Crippen LogP contribution is -2.50. The second kappa shape index (κ2) is 10.1. The summed E-state index contributed by atoms with van der Waals surface area (Å²) >= 11 is 0. The summed E-state index contributed by atoms with van der Waals surface area (Å²) in [4.78, 5) is 28.8. The Morgan fingerprint density at radius 2 is 1.40 bits per heavy atom. The first-order valence-corrected chi connectivity index (χ1v) is 12.4. The van der Waals surface area contributed by atoms with Crippen molar-refractivity contribution in [2.45, 2.75) is 4.90 Å². The number of nitrogens with zero attached hydrogens (tertiary/aromatic N) is 2. The Labute approximate surface area is 203 Å². The molecule has 1 saturated heterocycles. The average Bonchev–Trinajstić information content (AvgIpc) is 2.88. The van der Waals surface area contributed by atoms with E-state index in [1.807, 2.05) is 0 Å². The molecule has 4 rings (SSSR count). The maximum absolute atomic E-state index is 13.4. The minimum absolute atomic E-state index is 0.0609. The molecule has 8 nitrogen and oxygen atoms in total. The van der Waals surface area contributed by atoms with Crippen molar-refractivity contribution in [1.82, 2.24) is 9.80 Å². The van der Waals surface area contributed by atoms with Crippen LogP contribution in [0.3, 0.4) is 0 Å². The molecule has 10 heteroatoms. The molecule has 0 radical (unpaired) electrons. The molecular formula is C25H24FN3O5S. The summed E-state index contributed by atoms with van der Waals surface area (Å²) in [7, 11) is -2.53. The maximum Gasteiger partial charge on any atom is 0.262 e. The van der Waals surface area contributed by atoms with E-state index < -0.39 is 15.8 Å². The first-order chi connectivity index (χ1) is 16.8. The predicted octanol–water partition coefficient (Wildman–Crippen LogP) is 3.23. The largest absolute Gasteiger partial charge is 0.495 e. The van der Waals surface area contributed by atoms with E-state index in [-0.39, 0.29) is 59.7 Å². The zero-order valence-electron chi connectivity index (χ0n) is 19.0. The van der Waals surface area contributed by atoms with Crippen LogP contribution in [-0.2, 0) is 10.0 Å². The fourth-order valence-electron chi connectivity index (χ4n) is 3.83. The van der Waals surface area contributed by atoms with E-state index in [1.54, 1.807) is 46.2 Å². The minimum Gasteiger partial charge on any atom is -0.495 e. The van der Waals surface area contributed by atoms with Crippen LogP contribution < -0.4 is 9.46 Å². The summed E-state index contributed by atoms with van der Waals surface area (Å²) in [5, 5.41) is 0. The van der Waals surface area contributed by atoms with Crippen molar-refractivity contribution in [2.24, 2.45) is 0 Å². The summed E-state index contributed by atoms with van der Waals surface area (Å²) in [6.07, 6.45) is 0. The topological polar surface area (TPSA) is 96.0 Å². The van der Waals surface area contributed by atoms with Crippen LogP contribution in [0.5, 0.6) is 5.75 Å². The Hall–Kier alpha value is -3.92. The number of carbonyl (C=O) groups is 2. The number of hydrogen-bond donors (Lipinski definition) is 1. The monoisotopic (exact) mass is 497 g/mol. The Balaban J connectivity index is 1.44. The molecule has 3 aromatic rings. The number of carbonyl (C=O) groups excluding carboxylic acids is 2. The number of rotatable bonds is 6. The number of amides is 2. The molecule has 0 aliphatic carbocycles. The first kappa shape index (κ1) is 24.2. The molecule has 1 N–H and O–H groups in total. The highest BCUT2D eigenvalue weighted by Crippen LogP contribution is 2.26. The summed E-state index contributed by atoms with van der Waals surface area (Å²) in [6, 6.07) is 17.9. The molecule has 1 aliphatic heterocycles. The number of benzene rings is 3. The van der Waals surface area contributed by atoms with E-state index in [0.717, 1.165) is 0 Å². The average molecular weight is 498 g/mol. The van der Waals surface area contributed by atoms with Crippen molar-refractivity contribution >= 4 is 27.5 Å². The fourth-order valence-corrected chi connectivity index (χ4v) is 4.94. The number of para-hydroxylation sites is 2. The third-order valence-corrected chi connectivity index (χ3v) is 7.03. The van der Waals surface area contributed by atoms with Crippen LogP contribution in [0.15, 0.2) is 77.7 Å². The number of halogens is 1. The third kappa shape index (κ3) is 5.43. The first-order valence-electron chi connectivity index (χ1n) is 10.9. The van der Waals surface area contributed by atoms with Crippen molar-refractivity contribution in [3.8, 4) is 5.75 Å². The molecule has 35 heavy (non-hydrogen) atoms. The second-order valence-corrected chi connectivity index (χ2v) is 9.61. The lowest BCUT2D eigenvalue weighted by atomic mass is 10.1. The van der Waals surface area contributed by atoms with Crippen LogP contribution in [0.2, 0.25) is 0 Å². The molecule has 0 unspecified atom stereocenters. The molecule has 1 heterocycles. The molecule has 1 fully saturated rings. The smallest absolute Gasteiger partial charge is 0.262 e. The van der Waals surface area contributed by atoms with Crippen molar-refractivity contribution in [2.75, 3.05) is 38.0 Å². The number of hydrogen-bond acceptors (Lipinski definition) is 5. The van der Waals surface area contributed by atoms with Gasteiger partial charge in [0.2, 0.25) is 0 Å². The fraction of sp³-hybridized carbons (Fsp3) is 0.200. The van der Waals surface area contributed by atoms with Crippen LogP contribution in [0, 0.1) is 5.82 Å². The van der Waals surface area contributed by atoms with E-state index in [1.165, 1.54) is 43.5 Å². The van der Waals surface area contributed by atoms with Gasteiger partial charge < -0.3 is 14.5 Å². The number of anilines is 1. The number of ether oxygens (including phenoxy) is 1. The summed E-state index contributed by atoms with van der Waals surface area (Å²) < 4.78 is 47.0. The van der Waals surface area contributed by atoms with Gasteiger partial charge in [0.15, 0.2) is 0 Å². The normalized spacial score (nSPS) is 13.9. The molecule has 182 valence electrons. The van der Waals surface area contributed by atoms with Crippen molar-refractivity contribution < 1.29 is 27.1 Å². The number of methoxy groups -OCH3 is 1. The standard InChI is InChI=1S/C25H24FN3O5S/c1-34-23-11-3-2-10-22(23)27-35(32,33)21-9-5-7-19(17-21)25(31)29-14-12-28(13-15-29)24(30)18-6-4-8-20(26)16-18/h2-11,16-17,27H,12-15H2,1H3. The van der Waals surface area contributed by atoms with Gasteiger partial charge in [0.25, 0.3) is 21.8 Å². The van der Waals surface area contributed by atoms with Gasteiger partial charge in [0.05, 0.1) is 17.7 Å². The van der Waals surface area contributed by atoms with Gasteiger partial charge in [0, 0.05) is 37.3 Å². The highest BCUT2D eigenvalue weighted by molar-refractivity contribution is 7.92. The zero-order chi connectivity index (χ0) is 25.0. The minimum atomic E-state index is -3.97. The summed E-state index contributed by atoms with van der Waals surface area (Å²) in [5.41, 5.74) is 0.758. The molecule has 0 atom stereocenters. The van der Waals surface area contributed by atoms with Gasteiger partial charge in [-0.2, -0.15) is 0 Å². The lowest BCUT2D eigenvalue weighted by molar-refractivity contribution is 0.0535. The van der Waals surface area contributed by atoms with Crippen LogP contribution in [0.4, 0.5) is 10.1 Å². The Bertz CT molecular complexity index is 1350. The number of nitrogens with one attached hydrogen (secondary N) is 1. The van der Waals surface area contributed by atoms with Crippen molar-refractivity contribution in [1.29, 1.82) is 0 Å².